The van der Waals surface area contributed by atoms with Gasteiger partial charge in [0.15, 0.2) is 5.82 Å². The van der Waals surface area contributed by atoms with Gasteiger partial charge in [0.05, 0.1) is 4.47 Å². The Labute approximate surface area is 120 Å². The van der Waals surface area contributed by atoms with E-state index in [9.17, 15) is 12.8 Å². The number of nitrogens with two attached hydrogens (primary N) is 1. The molecule has 3 N–H and O–H groups in total. The molecule has 0 bridgehead atoms. The SMILES string of the molecule is CC(C)(NS(=O)(=O)c1cc(N)cc(Br)c1F)C1CC1. The first kappa shape index (κ1) is 14.7. The van der Waals surface area contributed by atoms with E-state index < -0.39 is 26.3 Å². The molecule has 4 nitrogen and oxygen atoms in total. The summed E-state index contributed by atoms with van der Waals surface area (Å²) >= 11 is 2.96. The second-order valence-corrected chi connectivity index (χ2v) is 7.92. The molecule has 106 valence electrons. The summed E-state index contributed by atoms with van der Waals surface area (Å²) < 4.78 is 41.1. The van der Waals surface area contributed by atoms with Crippen LogP contribution in [0.1, 0.15) is 26.7 Å². The van der Waals surface area contributed by atoms with E-state index in [1.54, 1.807) is 0 Å². The van der Waals surface area contributed by atoms with Crippen LogP contribution in [0.4, 0.5) is 10.1 Å². The Kier molecular flexibility index (Phi) is 3.66. The van der Waals surface area contributed by atoms with Crippen molar-refractivity contribution < 1.29 is 12.8 Å². The molecule has 0 aliphatic heterocycles. The summed E-state index contributed by atoms with van der Waals surface area (Å²) in [6.45, 7) is 3.61. The van der Waals surface area contributed by atoms with Gasteiger partial charge in [0.2, 0.25) is 10.0 Å². The molecule has 1 aromatic carbocycles. The van der Waals surface area contributed by atoms with Gasteiger partial charge in [0.1, 0.15) is 4.90 Å². The summed E-state index contributed by atoms with van der Waals surface area (Å²) in [4.78, 5) is -0.423. The molecule has 0 radical (unpaired) electrons. The van der Waals surface area contributed by atoms with Crippen molar-refractivity contribution in [3.05, 3.63) is 22.4 Å². The van der Waals surface area contributed by atoms with Gasteiger partial charge in [-0.25, -0.2) is 17.5 Å². The highest BCUT2D eigenvalue weighted by molar-refractivity contribution is 9.10. The summed E-state index contributed by atoms with van der Waals surface area (Å²) in [7, 11) is -3.93. The minimum absolute atomic E-state index is 0.0390. The molecule has 0 atom stereocenters. The van der Waals surface area contributed by atoms with Crippen LogP contribution in [0.2, 0.25) is 0 Å². The van der Waals surface area contributed by atoms with Crippen LogP contribution >= 0.6 is 15.9 Å². The van der Waals surface area contributed by atoms with Crippen molar-refractivity contribution in [3.8, 4) is 0 Å². The van der Waals surface area contributed by atoms with Crippen molar-refractivity contribution in [2.24, 2.45) is 5.92 Å². The van der Waals surface area contributed by atoms with Gasteiger partial charge < -0.3 is 5.73 Å². The Morgan fingerprint density at radius 3 is 2.53 bits per heavy atom. The summed E-state index contributed by atoms with van der Waals surface area (Å²) in [5.74, 6) is -0.525. The quantitative estimate of drug-likeness (QED) is 0.820. The van der Waals surface area contributed by atoms with E-state index in [4.69, 9.17) is 5.73 Å². The zero-order valence-electron chi connectivity index (χ0n) is 10.7. The first-order chi connectivity index (χ1) is 8.63. The number of rotatable bonds is 4. The van der Waals surface area contributed by atoms with Crippen molar-refractivity contribution in [1.29, 1.82) is 0 Å². The van der Waals surface area contributed by atoms with E-state index in [0.717, 1.165) is 18.9 Å². The van der Waals surface area contributed by atoms with E-state index in [1.807, 2.05) is 13.8 Å². The van der Waals surface area contributed by atoms with E-state index in [0.29, 0.717) is 5.92 Å². The molecule has 0 aromatic heterocycles. The molecule has 1 aromatic rings. The Morgan fingerprint density at radius 1 is 1.42 bits per heavy atom. The van der Waals surface area contributed by atoms with Gasteiger partial charge in [-0.15, -0.1) is 0 Å². The van der Waals surface area contributed by atoms with Crippen LogP contribution in [0.3, 0.4) is 0 Å². The van der Waals surface area contributed by atoms with Crippen LogP contribution in [0.25, 0.3) is 0 Å². The molecule has 2 rings (SSSR count). The summed E-state index contributed by atoms with van der Waals surface area (Å²) in [6, 6.07) is 2.46. The van der Waals surface area contributed by atoms with Crippen LogP contribution in [0.15, 0.2) is 21.5 Å². The van der Waals surface area contributed by atoms with Crippen molar-refractivity contribution in [1.82, 2.24) is 4.72 Å². The number of halogens is 2. The maximum Gasteiger partial charge on any atom is 0.244 e. The van der Waals surface area contributed by atoms with Crippen molar-refractivity contribution in [2.75, 3.05) is 5.73 Å². The maximum absolute atomic E-state index is 13.9. The third kappa shape index (κ3) is 3.09. The summed E-state index contributed by atoms with van der Waals surface area (Å²) in [5, 5.41) is 0. The lowest BCUT2D eigenvalue weighted by Gasteiger charge is -2.26. The molecule has 0 heterocycles. The third-order valence-electron chi connectivity index (χ3n) is 3.30. The summed E-state index contributed by atoms with van der Waals surface area (Å²) in [5.41, 5.74) is 5.18. The molecule has 0 spiro atoms. The monoisotopic (exact) mass is 350 g/mol. The van der Waals surface area contributed by atoms with E-state index in [-0.39, 0.29) is 10.2 Å². The van der Waals surface area contributed by atoms with E-state index >= 15 is 0 Å². The Hall–Kier alpha value is -0.660. The number of nitrogen functional groups attached to an aromatic ring is 1. The minimum atomic E-state index is -3.93. The third-order valence-corrected chi connectivity index (χ3v) is 5.55. The lowest BCUT2D eigenvalue weighted by atomic mass is 10.0. The highest BCUT2D eigenvalue weighted by atomic mass is 79.9. The van der Waals surface area contributed by atoms with Gasteiger partial charge in [0.25, 0.3) is 0 Å². The lowest BCUT2D eigenvalue weighted by molar-refractivity contribution is 0.399. The topological polar surface area (TPSA) is 72.2 Å². The fraction of sp³-hybridized carbons (Fsp3) is 0.500. The molecular formula is C12H16BrFN2O2S. The van der Waals surface area contributed by atoms with Gasteiger partial charge in [-0.05, 0) is 60.7 Å². The van der Waals surface area contributed by atoms with Gasteiger partial charge in [-0.1, -0.05) is 0 Å². The molecule has 19 heavy (non-hydrogen) atoms. The standard InChI is InChI=1S/C12H16BrFN2O2S/c1-12(2,7-3-4-7)16-19(17,18)10-6-8(15)5-9(13)11(10)14/h5-7,16H,3-4,15H2,1-2H3. The van der Waals surface area contributed by atoms with E-state index in [1.165, 1.54) is 6.07 Å². The average Bonchev–Trinajstić information content (AvgIpc) is 3.05. The highest BCUT2D eigenvalue weighted by Crippen LogP contribution is 2.40. The zero-order chi connectivity index (χ0) is 14.4. The molecule has 1 aliphatic rings. The lowest BCUT2D eigenvalue weighted by Crippen LogP contribution is -2.45. The predicted octanol–water partition coefficient (Wildman–Crippen LogP) is 2.64. The Morgan fingerprint density at radius 2 is 2.00 bits per heavy atom. The van der Waals surface area contributed by atoms with Crippen LogP contribution in [0.5, 0.6) is 0 Å². The van der Waals surface area contributed by atoms with Crippen molar-refractivity contribution in [2.45, 2.75) is 37.1 Å². The number of sulfonamides is 1. The molecule has 0 unspecified atom stereocenters. The molecular weight excluding hydrogens is 335 g/mol. The normalized spacial score (nSPS) is 16.6. The van der Waals surface area contributed by atoms with Gasteiger partial charge in [-0.2, -0.15) is 0 Å². The second-order valence-electron chi connectivity index (χ2n) is 5.42. The maximum atomic E-state index is 13.9. The number of benzene rings is 1. The summed E-state index contributed by atoms with van der Waals surface area (Å²) in [6.07, 6.45) is 1.97. The van der Waals surface area contributed by atoms with Gasteiger partial charge >= 0.3 is 0 Å². The van der Waals surface area contributed by atoms with Crippen LogP contribution in [-0.2, 0) is 10.0 Å². The molecule has 0 saturated heterocycles. The Balaban J connectivity index is 2.39. The first-order valence-corrected chi connectivity index (χ1v) is 8.19. The van der Waals surface area contributed by atoms with Crippen LogP contribution in [0, 0.1) is 11.7 Å². The number of anilines is 1. The zero-order valence-corrected chi connectivity index (χ0v) is 13.1. The number of hydrogen-bond acceptors (Lipinski definition) is 3. The minimum Gasteiger partial charge on any atom is -0.399 e. The van der Waals surface area contributed by atoms with Crippen LogP contribution < -0.4 is 10.5 Å². The van der Waals surface area contributed by atoms with Gasteiger partial charge in [0, 0.05) is 11.2 Å². The van der Waals surface area contributed by atoms with E-state index in [2.05, 4.69) is 20.7 Å². The molecule has 0 amide bonds. The Bertz CT molecular complexity index is 612. The van der Waals surface area contributed by atoms with Crippen molar-refractivity contribution in [3.63, 3.8) is 0 Å². The fourth-order valence-corrected chi connectivity index (χ4v) is 4.28. The smallest absolute Gasteiger partial charge is 0.244 e. The highest BCUT2D eigenvalue weighted by Gasteiger charge is 2.41. The first-order valence-electron chi connectivity index (χ1n) is 5.92. The average molecular weight is 351 g/mol. The number of hydrogen-bond donors (Lipinski definition) is 2. The second kappa shape index (κ2) is 4.71. The fourth-order valence-electron chi connectivity index (χ4n) is 2.07. The number of nitrogens with one attached hydrogen (secondary N) is 1. The molecule has 1 saturated carbocycles. The van der Waals surface area contributed by atoms with Gasteiger partial charge in [-0.3, -0.25) is 0 Å². The predicted molar refractivity (Wildman–Crippen MR) is 75.6 cm³/mol. The molecule has 1 fully saturated rings. The van der Waals surface area contributed by atoms with Crippen molar-refractivity contribution >= 4 is 31.6 Å². The molecule has 7 heteroatoms. The molecule has 1 aliphatic carbocycles. The van der Waals surface area contributed by atoms with Crippen LogP contribution in [-0.4, -0.2) is 14.0 Å². The largest absolute Gasteiger partial charge is 0.399 e.